The molecule has 1 aliphatic rings. The molecule has 0 saturated carbocycles. The number of nitro benzene ring substituents is 1. The van der Waals surface area contributed by atoms with Crippen molar-refractivity contribution in [1.82, 2.24) is 0 Å². The average Bonchev–Trinajstić information content (AvgIpc) is 2.62. The van der Waals surface area contributed by atoms with Crippen LogP contribution in [-0.2, 0) is 11.3 Å². The molecule has 1 aliphatic heterocycles. The second kappa shape index (κ2) is 7.61. The van der Waals surface area contributed by atoms with Crippen LogP contribution in [-0.4, -0.2) is 24.1 Å². The minimum Gasteiger partial charge on any atom is -0.373 e. The summed E-state index contributed by atoms with van der Waals surface area (Å²) in [5.41, 5.74) is 3.05. The third-order valence-corrected chi connectivity index (χ3v) is 4.57. The Morgan fingerprint density at radius 1 is 1.20 bits per heavy atom. The van der Waals surface area contributed by atoms with Gasteiger partial charge in [-0.1, -0.05) is 12.1 Å². The molecule has 0 amide bonds. The second-order valence-electron chi connectivity index (χ2n) is 6.35. The molecule has 0 aliphatic carbocycles. The van der Waals surface area contributed by atoms with Crippen LogP contribution >= 0.6 is 0 Å². The minimum absolute atomic E-state index is 0.124. The number of halogens is 1. The first-order valence-corrected chi connectivity index (χ1v) is 8.39. The molecule has 0 radical (unpaired) electrons. The van der Waals surface area contributed by atoms with Gasteiger partial charge in [-0.3, -0.25) is 10.1 Å². The Kier molecular flexibility index (Phi) is 5.28. The van der Waals surface area contributed by atoms with Crippen LogP contribution in [0.25, 0.3) is 0 Å². The summed E-state index contributed by atoms with van der Waals surface area (Å²) < 4.78 is 18.8. The van der Waals surface area contributed by atoms with E-state index in [9.17, 15) is 14.5 Å². The molecular weight excluding hydrogens is 323 g/mol. The molecule has 2 aromatic rings. The van der Waals surface area contributed by atoms with Crippen LogP contribution in [0.5, 0.6) is 0 Å². The Morgan fingerprint density at radius 2 is 1.88 bits per heavy atom. The van der Waals surface area contributed by atoms with E-state index >= 15 is 0 Å². The molecule has 0 aromatic heterocycles. The van der Waals surface area contributed by atoms with Gasteiger partial charge in [0.15, 0.2) is 0 Å². The molecule has 132 valence electrons. The van der Waals surface area contributed by atoms with Crippen molar-refractivity contribution < 1.29 is 14.1 Å². The van der Waals surface area contributed by atoms with E-state index in [-0.39, 0.29) is 22.5 Å². The third-order valence-electron chi connectivity index (χ3n) is 4.57. The van der Waals surface area contributed by atoms with Crippen molar-refractivity contribution in [3.05, 3.63) is 69.5 Å². The van der Waals surface area contributed by atoms with Crippen LogP contribution in [0, 0.1) is 22.9 Å². The zero-order chi connectivity index (χ0) is 17.8. The summed E-state index contributed by atoms with van der Waals surface area (Å²) in [5.74, 6) is -0.240. The monoisotopic (exact) mass is 344 g/mol. The zero-order valence-corrected chi connectivity index (χ0v) is 14.2. The molecule has 25 heavy (non-hydrogen) atoms. The van der Waals surface area contributed by atoms with E-state index in [1.807, 2.05) is 13.0 Å². The lowest BCUT2D eigenvalue weighted by atomic mass is 10.0. The molecule has 0 N–H and O–H groups in total. The summed E-state index contributed by atoms with van der Waals surface area (Å²) in [6.07, 6.45) is 1.98. The molecule has 0 bridgehead atoms. The quantitative estimate of drug-likeness (QED) is 0.602. The maximum atomic E-state index is 12.9. The van der Waals surface area contributed by atoms with Crippen molar-refractivity contribution >= 4 is 11.4 Å². The fourth-order valence-corrected chi connectivity index (χ4v) is 3.17. The highest BCUT2D eigenvalue weighted by atomic mass is 19.1. The number of anilines is 1. The highest BCUT2D eigenvalue weighted by molar-refractivity contribution is 5.57. The molecule has 3 rings (SSSR count). The van der Waals surface area contributed by atoms with Crippen molar-refractivity contribution in [1.29, 1.82) is 0 Å². The Bertz CT molecular complexity index is 741. The van der Waals surface area contributed by atoms with E-state index in [0.29, 0.717) is 6.61 Å². The molecule has 5 nitrogen and oxygen atoms in total. The number of piperidine rings is 1. The second-order valence-corrected chi connectivity index (χ2v) is 6.35. The number of rotatable bonds is 5. The minimum atomic E-state index is -0.369. The normalized spacial score (nSPS) is 15.4. The van der Waals surface area contributed by atoms with Gasteiger partial charge >= 0.3 is 0 Å². The van der Waals surface area contributed by atoms with Crippen molar-refractivity contribution in [2.24, 2.45) is 0 Å². The predicted octanol–water partition coefficient (Wildman–Crippen LogP) is 4.23. The SMILES string of the molecule is Cc1cc([N+](=O)[O-])ccc1N1CCC(OCc2ccc(F)cc2)CC1. The van der Waals surface area contributed by atoms with Gasteiger partial charge in [-0.05, 0) is 49.1 Å². The van der Waals surface area contributed by atoms with Crippen molar-refractivity contribution in [3.63, 3.8) is 0 Å². The smallest absolute Gasteiger partial charge is 0.269 e. The number of benzene rings is 2. The number of nitro groups is 1. The molecule has 0 atom stereocenters. The Labute approximate surface area is 146 Å². The highest BCUT2D eigenvalue weighted by Gasteiger charge is 2.21. The molecule has 6 heteroatoms. The Morgan fingerprint density at radius 3 is 2.48 bits per heavy atom. The van der Waals surface area contributed by atoms with Gasteiger partial charge in [0.05, 0.1) is 17.6 Å². The number of non-ortho nitro benzene ring substituents is 1. The molecule has 0 spiro atoms. The van der Waals surface area contributed by atoms with E-state index < -0.39 is 0 Å². The Hall–Kier alpha value is -2.47. The van der Waals surface area contributed by atoms with Gasteiger partial charge in [0.25, 0.3) is 5.69 Å². The maximum Gasteiger partial charge on any atom is 0.269 e. The van der Waals surface area contributed by atoms with Crippen LogP contribution in [0.15, 0.2) is 42.5 Å². The topological polar surface area (TPSA) is 55.6 Å². The lowest BCUT2D eigenvalue weighted by Gasteiger charge is -2.34. The lowest BCUT2D eigenvalue weighted by Crippen LogP contribution is -2.37. The Balaban J connectivity index is 1.53. The van der Waals surface area contributed by atoms with Crippen LogP contribution in [0.3, 0.4) is 0 Å². The first kappa shape index (κ1) is 17.4. The largest absolute Gasteiger partial charge is 0.373 e. The summed E-state index contributed by atoms with van der Waals surface area (Å²) in [6.45, 7) is 4.10. The van der Waals surface area contributed by atoms with Crippen molar-refractivity contribution in [3.8, 4) is 0 Å². The first-order valence-electron chi connectivity index (χ1n) is 8.39. The maximum absolute atomic E-state index is 12.9. The van der Waals surface area contributed by atoms with Crippen molar-refractivity contribution in [2.45, 2.75) is 32.5 Å². The van der Waals surface area contributed by atoms with Gasteiger partial charge in [-0.2, -0.15) is 0 Å². The third kappa shape index (κ3) is 4.33. The molecular formula is C19H21FN2O3. The van der Waals surface area contributed by atoms with Gasteiger partial charge in [0, 0.05) is 30.9 Å². The van der Waals surface area contributed by atoms with E-state index in [1.54, 1.807) is 24.3 Å². The fraction of sp³-hybridized carbons (Fsp3) is 0.368. The van der Waals surface area contributed by atoms with E-state index in [2.05, 4.69) is 4.90 Å². The predicted molar refractivity (Wildman–Crippen MR) is 94.3 cm³/mol. The number of nitrogens with zero attached hydrogens (tertiary/aromatic N) is 2. The summed E-state index contributed by atoms with van der Waals surface area (Å²) in [7, 11) is 0. The van der Waals surface area contributed by atoms with Gasteiger partial charge in [0.1, 0.15) is 5.82 Å². The molecule has 1 heterocycles. The molecule has 0 unspecified atom stereocenters. The van der Waals surface area contributed by atoms with Crippen LogP contribution in [0.2, 0.25) is 0 Å². The number of ether oxygens (including phenoxy) is 1. The first-order chi connectivity index (χ1) is 12.0. The summed E-state index contributed by atoms with van der Waals surface area (Å²) in [6, 6.07) is 11.4. The molecule has 1 fully saturated rings. The fourth-order valence-electron chi connectivity index (χ4n) is 3.17. The average molecular weight is 344 g/mol. The molecule has 1 saturated heterocycles. The van der Waals surface area contributed by atoms with Crippen LogP contribution in [0.1, 0.15) is 24.0 Å². The summed E-state index contributed by atoms with van der Waals surface area (Å²) in [4.78, 5) is 12.7. The van der Waals surface area contributed by atoms with Gasteiger partial charge in [0.2, 0.25) is 0 Å². The van der Waals surface area contributed by atoms with Crippen molar-refractivity contribution in [2.75, 3.05) is 18.0 Å². The number of hydrogen-bond donors (Lipinski definition) is 0. The van der Waals surface area contributed by atoms with Gasteiger partial charge < -0.3 is 9.64 Å². The molecule has 2 aromatic carbocycles. The van der Waals surface area contributed by atoms with Crippen LogP contribution in [0.4, 0.5) is 15.8 Å². The van der Waals surface area contributed by atoms with Gasteiger partial charge in [-0.15, -0.1) is 0 Å². The van der Waals surface area contributed by atoms with E-state index in [0.717, 1.165) is 42.7 Å². The number of hydrogen-bond acceptors (Lipinski definition) is 4. The van der Waals surface area contributed by atoms with Crippen LogP contribution < -0.4 is 4.90 Å². The highest BCUT2D eigenvalue weighted by Crippen LogP contribution is 2.28. The lowest BCUT2D eigenvalue weighted by molar-refractivity contribution is -0.384. The van der Waals surface area contributed by atoms with E-state index in [1.165, 1.54) is 12.1 Å². The summed E-state index contributed by atoms with van der Waals surface area (Å²) in [5, 5.41) is 10.8. The zero-order valence-electron chi connectivity index (χ0n) is 14.2. The number of aryl methyl sites for hydroxylation is 1. The standard InChI is InChI=1S/C19H21FN2O3/c1-14-12-17(22(23)24)6-7-19(14)21-10-8-18(9-11-21)25-13-15-2-4-16(20)5-3-15/h2-7,12,18H,8-11,13H2,1H3. The van der Waals surface area contributed by atoms with E-state index in [4.69, 9.17) is 4.74 Å². The summed E-state index contributed by atoms with van der Waals surface area (Å²) >= 11 is 0. The van der Waals surface area contributed by atoms with Gasteiger partial charge in [-0.25, -0.2) is 4.39 Å².